The third-order valence-corrected chi connectivity index (χ3v) is 14.5. The predicted octanol–water partition coefficient (Wildman–Crippen LogP) is 3.12. The summed E-state index contributed by atoms with van der Waals surface area (Å²) in [5.74, 6) is -5.61. The lowest BCUT2D eigenvalue weighted by atomic mass is 9.92. The van der Waals surface area contributed by atoms with Crippen LogP contribution in [0.25, 0.3) is 0 Å². The molecule has 1 heterocycles. The normalized spacial score (nSPS) is 17.0. The van der Waals surface area contributed by atoms with E-state index < -0.39 is 99.2 Å². The first-order valence-electron chi connectivity index (χ1n) is 28.6. The van der Waals surface area contributed by atoms with Crippen molar-refractivity contribution in [3.05, 3.63) is 0 Å². The molecule has 21 heteroatoms. The molecule has 0 aromatic heterocycles. The highest BCUT2D eigenvalue weighted by atomic mass is 16.3. The zero-order chi connectivity index (χ0) is 60.1. The first-order valence-corrected chi connectivity index (χ1v) is 28.6. The Kier molecular flexibility index (Phi) is 29.2. The van der Waals surface area contributed by atoms with Crippen LogP contribution in [0.1, 0.15) is 195 Å². The standard InChI is InChI=1S/C57H106N10O11/c1-19-21-22-23-24-26-37(5)34-67-28-25-27-43(67)46(72)59-42(32-38(6)31-41(70)33-40(69)20-2)45(71)61-55(12,13)50(76)63-54(10,11)49(75)60-44(36(3)4)47(73)62-56(14,15)51(77)65-57(16,17)52(78)64-53(8,9)48(74)58-39(7)35-66(18)29-30-68/h36-39,41-44,68,70H,19-35H2,1-18H3,(H,58,74)(H,59,72)(H,60,75)(H,61,71)(H,62,73)(H,63,76)(H,64,78)(H,65,77)/t37-,38-,39-,41-,42-,43-,44-/m0/s1. The minimum absolute atomic E-state index is 0.0250. The van der Waals surface area contributed by atoms with Crippen LogP contribution in [0.4, 0.5) is 0 Å². The lowest BCUT2D eigenvalue weighted by Gasteiger charge is -2.36. The van der Waals surface area contributed by atoms with E-state index in [1.807, 2.05) is 11.8 Å². The van der Waals surface area contributed by atoms with Gasteiger partial charge in [-0.15, -0.1) is 0 Å². The molecule has 0 unspecified atom stereocenters. The molecular weight excluding hydrogens is 1000 g/mol. The highest BCUT2D eigenvalue weighted by Crippen LogP contribution is 2.24. The van der Waals surface area contributed by atoms with E-state index in [1.54, 1.807) is 34.7 Å². The van der Waals surface area contributed by atoms with E-state index in [0.717, 1.165) is 32.4 Å². The average molecular weight is 1110 g/mol. The predicted molar refractivity (Wildman–Crippen MR) is 303 cm³/mol. The third kappa shape index (κ3) is 24.3. The Balaban J connectivity index is 3.18. The van der Waals surface area contributed by atoms with Crippen LogP contribution in [0.15, 0.2) is 0 Å². The van der Waals surface area contributed by atoms with E-state index in [-0.39, 0.29) is 55.9 Å². The molecule has 0 aliphatic carbocycles. The summed E-state index contributed by atoms with van der Waals surface area (Å²) in [6.45, 7) is 30.1. The van der Waals surface area contributed by atoms with E-state index in [2.05, 4.69) is 61.3 Å². The largest absolute Gasteiger partial charge is 0.395 e. The van der Waals surface area contributed by atoms with Gasteiger partial charge in [-0.1, -0.05) is 73.6 Å². The van der Waals surface area contributed by atoms with E-state index in [1.165, 1.54) is 94.9 Å². The molecule has 0 aromatic carbocycles. The number of amides is 8. The van der Waals surface area contributed by atoms with Crippen molar-refractivity contribution in [3.8, 4) is 0 Å². The molecule has 0 radical (unpaired) electrons. The number of nitrogens with zero attached hydrogens (tertiary/aromatic N) is 2. The summed E-state index contributed by atoms with van der Waals surface area (Å²) in [4.78, 5) is 127. The third-order valence-electron chi connectivity index (χ3n) is 14.5. The second-order valence-corrected chi connectivity index (χ2v) is 25.4. The summed E-state index contributed by atoms with van der Waals surface area (Å²) in [5, 5.41) is 42.0. The van der Waals surface area contributed by atoms with Crippen molar-refractivity contribution < 1.29 is 53.4 Å². The molecule has 450 valence electrons. The van der Waals surface area contributed by atoms with Crippen LogP contribution in [0.5, 0.6) is 0 Å². The number of likely N-dealkylation sites (tertiary alicyclic amines) is 1. The Bertz CT molecular complexity index is 2010. The smallest absolute Gasteiger partial charge is 0.246 e. The van der Waals surface area contributed by atoms with Crippen LogP contribution < -0.4 is 42.5 Å². The SMILES string of the molecule is CCCCCCC[C@H](C)CN1CCC[C@H]1C(=O)N[C@@H](C[C@@H](C)C[C@H](O)CC(=O)CC)C(=O)NC(C)(C)C(=O)NC(C)(C)C(=O)N[C@H](C(=O)NC(C)(C)C(=O)NC(C)(C)C(=O)NC(C)(C)C(=O)N[C@@H](C)CN(C)CCO)C(C)C. The van der Waals surface area contributed by atoms with Gasteiger partial charge in [-0.2, -0.15) is 0 Å². The second kappa shape index (κ2) is 31.9. The molecule has 0 saturated carbocycles. The van der Waals surface area contributed by atoms with Crippen molar-refractivity contribution in [2.75, 3.05) is 39.8 Å². The topological polar surface area (TPSA) is 297 Å². The molecule has 0 aromatic rings. The van der Waals surface area contributed by atoms with Gasteiger partial charge < -0.3 is 57.6 Å². The Hall–Kier alpha value is -4.73. The first kappa shape index (κ1) is 71.3. The number of Topliss-reactive ketones (excluding diaryl/α,β-unsaturated/α-hetero) is 1. The lowest BCUT2D eigenvalue weighted by molar-refractivity contribution is -0.141. The Morgan fingerprint density at radius 3 is 1.60 bits per heavy atom. The summed E-state index contributed by atoms with van der Waals surface area (Å²) < 4.78 is 0. The molecule has 1 fully saturated rings. The first-order chi connectivity index (χ1) is 35.9. The maximum atomic E-state index is 14.3. The number of ketones is 1. The molecule has 7 atom stereocenters. The summed E-state index contributed by atoms with van der Waals surface area (Å²) in [6, 6.07) is -3.08. The fourth-order valence-corrected chi connectivity index (χ4v) is 9.30. The molecule has 8 amide bonds. The van der Waals surface area contributed by atoms with Gasteiger partial charge in [-0.25, -0.2) is 0 Å². The summed E-state index contributed by atoms with van der Waals surface area (Å²) >= 11 is 0. The lowest BCUT2D eigenvalue weighted by Crippen LogP contribution is -2.68. The van der Waals surface area contributed by atoms with Crippen molar-refractivity contribution in [1.29, 1.82) is 0 Å². The van der Waals surface area contributed by atoms with E-state index >= 15 is 0 Å². The van der Waals surface area contributed by atoms with E-state index in [9.17, 15) is 53.4 Å². The molecule has 1 rings (SSSR count). The highest BCUT2D eigenvalue weighted by Gasteiger charge is 2.44. The Labute approximate surface area is 467 Å². The molecule has 1 aliphatic heterocycles. The molecule has 0 spiro atoms. The Morgan fingerprint density at radius 1 is 0.615 bits per heavy atom. The maximum Gasteiger partial charge on any atom is 0.246 e. The number of carbonyl (C=O) groups is 9. The fraction of sp³-hybridized carbons (Fsp3) is 0.842. The van der Waals surface area contributed by atoms with Gasteiger partial charge in [0.1, 0.15) is 45.6 Å². The maximum absolute atomic E-state index is 14.3. The number of hydrogen-bond acceptors (Lipinski definition) is 13. The van der Waals surface area contributed by atoms with Crippen molar-refractivity contribution in [3.63, 3.8) is 0 Å². The van der Waals surface area contributed by atoms with Crippen molar-refractivity contribution in [2.24, 2.45) is 17.8 Å². The van der Waals surface area contributed by atoms with Crippen molar-refractivity contribution >= 4 is 53.0 Å². The van der Waals surface area contributed by atoms with Gasteiger partial charge in [0.25, 0.3) is 0 Å². The number of likely N-dealkylation sites (N-methyl/N-ethyl adjacent to an activating group) is 1. The zero-order valence-electron chi connectivity index (χ0n) is 51.1. The number of carbonyl (C=O) groups excluding carboxylic acids is 9. The van der Waals surface area contributed by atoms with Crippen LogP contribution in [-0.2, 0) is 43.2 Å². The van der Waals surface area contributed by atoms with E-state index in [4.69, 9.17) is 0 Å². The number of aliphatic hydroxyl groups is 2. The number of nitrogens with one attached hydrogen (secondary N) is 8. The van der Waals surface area contributed by atoms with Gasteiger partial charge in [-0.05, 0) is 140 Å². The van der Waals surface area contributed by atoms with Crippen LogP contribution in [-0.4, -0.2) is 171 Å². The number of unbranched alkanes of at least 4 members (excludes halogenated alkanes) is 4. The van der Waals surface area contributed by atoms with Crippen LogP contribution in [0, 0.1) is 17.8 Å². The number of hydrogen-bond donors (Lipinski definition) is 10. The molecule has 0 bridgehead atoms. The minimum Gasteiger partial charge on any atom is -0.395 e. The van der Waals surface area contributed by atoms with E-state index in [0.29, 0.717) is 25.4 Å². The van der Waals surface area contributed by atoms with Crippen LogP contribution in [0.2, 0.25) is 0 Å². The molecule has 10 N–H and O–H groups in total. The molecular formula is C57H106N10O11. The average Bonchev–Trinajstić information content (AvgIpc) is 3.77. The van der Waals surface area contributed by atoms with Gasteiger partial charge in [0.05, 0.1) is 18.8 Å². The second-order valence-electron chi connectivity index (χ2n) is 25.4. The number of rotatable bonds is 36. The van der Waals surface area contributed by atoms with Crippen molar-refractivity contribution in [2.45, 2.75) is 253 Å². The monoisotopic (exact) mass is 1110 g/mol. The van der Waals surface area contributed by atoms with Gasteiger partial charge in [0.2, 0.25) is 47.3 Å². The summed E-state index contributed by atoms with van der Waals surface area (Å²) in [7, 11) is 1.80. The zero-order valence-corrected chi connectivity index (χ0v) is 51.1. The quantitative estimate of drug-likeness (QED) is 0.0404. The Morgan fingerprint density at radius 2 is 1.10 bits per heavy atom. The number of aliphatic hydroxyl groups excluding tert-OH is 2. The molecule has 21 nitrogen and oxygen atoms in total. The van der Waals surface area contributed by atoms with Crippen LogP contribution >= 0.6 is 0 Å². The van der Waals surface area contributed by atoms with Crippen LogP contribution in [0.3, 0.4) is 0 Å². The van der Waals surface area contributed by atoms with Gasteiger partial charge in [0.15, 0.2) is 0 Å². The van der Waals surface area contributed by atoms with Gasteiger partial charge in [-0.3, -0.25) is 48.1 Å². The van der Waals surface area contributed by atoms with Gasteiger partial charge >= 0.3 is 0 Å². The van der Waals surface area contributed by atoms with Crippen molar-refractivity contribution in [1.82, 2.24) is 52.3 Å². The van der Waals surface area contributed by atoms with Gasteiger partial charge in [0, 0.05) is 38.5 Å². The summed E-state index contributed by atoms with van der Waals surface area (Å²) in [5.41, 5.74) is -7.90. The molecule has 1 aliphatic rings. The fourth-order valence-electron chi connectivity index (χ4n) is 9.30. The molecule has 1 saturated heterocycles. The summed E-state index contributed by atoms with van der Waals surface area (Å²) in [6.07, 6.45) is 8.07. The highest BCUT2D eigenvalue weighted by molar-refractivity contribution is 6.01. The molecule has 78 heavy (non-hydrogen) atoms. The minimum atomic E-state index is -1.66.